The van der Waals surface area contributed by atoms with E-state index in [1.54, 1.807) is 6.07 Å². The molecule has 0 radical (unpaired) electrons. The summed E-state index contributed by atoms with van der Waals surface area (Å²) in [5.41, 5.74) is 1.89. The highest BCUT2D eigenvalue weighted by Gasteiger charge is 2.19. The lowest BCUT2D eigenvalue weighted by molar-refractivity contribution is 0.484. The van der Waals surface area contributed by atoms with Crippen LogP contribution in [0, 0.1) is 13.8 Å². The third-order valence-electron chi connectivity index (χ3n) is 4.79. The van der Waals surface area contributed by atoms with Gasteiger partial charge >= 0.3 is 0 Å². The van der Waals surface area contributed by atoms with Crippen molar-refractivity contribution in [2.75, 3.05) is 0 Å². The molecule has 4 aromatic rings. The van der Waals surface area contributed by atoms with Gasteiger partial charge < -0.3 is 0 Å². The van der Waals surface area contributed by atoms with Crippen LogP contribution in [-0.2, 0) is 10.1 Å². The first-order valence-electron chi connectivity index (χ1n) is 7.70. The highest BCUT2D eigenvalue weighted by atomic mass is 32.2. The third-order valence-corrected chi connectivity index (χ3v) is 5.69. The van der Waals surface area contributed by atoms with Crippen LogP contribution in [-0.4, -0.2) is 13.0 Å². The fraction of sp³-hybridized carbons (Fsp3) is 0.100. The van der Waals surface area contributed by atoms with Crippen molar-refractivity contribution in [3.63, 3.8) is 0 Å². The minimum atomic E-state index is -4.29. The first kappa shape index (κ1) is 15.1. The van der Waals surface area contributed by atoms with Crippen molar-refractivity contribution in [2.24, 2.45) is 0 Å². The zero-order valence-electron chi connectivity index (χ0n) is 13.4. The van der Waals surface area contributed by atoms with E-state index in [1.807, 2.05) is 44.2 Å². The first-order chi connectivity index (χ1) is 11.4. The van der Waals surface area contributed by atoms with Crippen LogP contribution in [0.15, 0.2) is 59.5 Å². The zero-order valence-corrected chi connectivity index (χ0v) is 14.2. The van der Waals surface area contributed by atoms with E-state index in [-0.39, 0.29) is 4.90 Å². The molecule has 24 heavy (non-hydrogen) atoms. The van der Waals surface area contributed by atoms with Crippen molar-refractivity contribution in [3.05, 3.63) is 65.7 Å². The van der Waals surface area contributed by atoms with Gasteiger partial charge in [0.2, 0.25) is 0 Å². The third kappa shape index (κ3) is 2.04. The van der Waals surface area contributed by atoms with Crippen LogP contribution in [0.3, 0.4) is 0 Å². The predicted molar refractivity (Wildman–Crippen MR) is 98.2 cm³/mol. The van der Waals surface area contributed by atoms with Gasteiger partial charge in [0.1, 0.15) is 4.90 Å². The average molecular weight is 336 g/mol. The average Bonchev–Trinajstić information content (AvgIpc) is 2.57. The summed E-state index contributed by atoms with van der Waals surface area (Å²) in [5, 5.41) is 5.78. The van der Waals surface area contributed by atoms with Crippen LogP contribution in [0.25, 0.3) is 32.3 Å². The van der Waals surface area contributed by atoms with Crippen molar-refractivity contribution < 1.29 is 13.0 Å². The molecule has 0 saturated carbocycles. The lowest BCUT2D eigenvalue weighted by atomic mass is 9.90. The molecular formula is C20H16O3S. The van der Waals surface area contributed by atoms with Gasteiger partial charge in [0, 0.05) is 5.39 Å². The lowest BCUT2D eigenvalue weighted by Crippen LogP contribution is -2.01. The summed E-state index contributed by atoms with van der Waals surface area (Å²) in [6, 6.07) is 17.3. The molecule has 0 unspecified atom stereocenters. The Morgan fingerprint density at radius 2 is 1.38 bits per heavy atom. The molecule has 4 heteroatoms. The molecule has 0 amide bonds. The van der Waals surface area contributed by atoms with E-state index >= 15 is 0 Å². The Morgan fingerprint density at radius 1 is 0.708 bits per heavy atom. The Hall–Kier alpha value is -2.43. The Balaban J connectivity index is 2.38. The van der Waals surface area contributed by atoms with Gasteiger partial charge in [0.15, 0.2) is 0 Å². The molecule has 0 aliphatic heterocycles. The van der Waals surface area contributed by atoms with E-state index in [0.717, 1.165) is 38.1 Å². The molecule has 120 valence electrons. The van der Waals surface area contributed by atoms with Gasteiger partial charge in [-0.25, -0.2) is 0 Å². The van der Waals surface area contributed by atoms with Gasteiger partial charge in [0.05, 0.1) is 0 Å². The monoisotopic (exact) mass is 336 g/mol. The smallest absolute Gasteiger partial charge is 0.282 e. The van der Waals surface area contributed by atoms with Crippen LogP contribution in [0.2, 0.25) is 0 Å². The topological polar surface area (TPSA) is 54.4 Å². The van der Waals surface area contributed by atoms with Crippen molar-refractivity contribution in [1.82, 2.24) is 0 Å². The maximum absolute atomic E-state index is 11.9. The van der Waals surface area contributed by atoms with E-state index in [4.69, 9.17) is 0 Å². The Bertz CT molecular complexity index is 1240. The van der Waals surface area contributed by atoms with Crippen molar-refractivity contribution in [3.8, 4) is 0 Å². The molecule has 0 saturated heterocycles. The normalized spacial score (nSPS) is 12.3. The zero-order chi connectivity index (χ0) is 17.1. The number of aryl methyl sites for hydroxylation is 2. The summed E-state index contributed by atoms with van der Waals surface area (Å²) < 4.78 is 33.4. The first-order valence-corrected chi connectivity index (χ1v) is 9.14. The number of fused-ring (bicyclic) bond motifs is 4. The van der Waals surface area contributed by atoms with Crippen molar-refractivity contribution in [1.29, 1.82) is 0 Å². The van der Waals surface area contributed by atoms with Gasteiger partial charge in [0.25, 0.3) is 10.1 Å². The second-order valence-corrected chi connectivity index (χ2v) is 7.50. The number of hydrogen-bond donors (Lipinski definition) is 1. The summed E-state index contributed by atoms with van der Waals surface area (Å²) in [6.07, 6.45) is 0. The summed E-state index contributed by atoms with van der Waals surface area (Å²) in [5.74, 6) is 0. The van der Waals surface area contributed by atoms with Gasteiger partial charge in [-0.2, -0.15) is 8.42 Å². The second-order valence-electron chi connectivity index (χ2n) is 6.11. The molecule has 0 heterocycles. The molecule has 4 rings (SSSR count). The minimum Gasteiger partial charge on any atom is -0.282 e. The Labute approximate surface area is 140 Å². The van der Waals surface area contributed by atoms with Gasteiger partial charge in [-0.3, -0.25) is 4.55 Å². The number of hydrogen-bond acceptors (Lipinski definition) is 2. The van der Waals surface area contributed by atoms with Gasteiger partial charge in [-0.05, 0) is 58.0 Å². The minimum absolute atomic E-state index is 0.0320. The maximum atomic E-state index is 11.9. The highest BCUT2D eigenvalue weighted by Crippen LogP contribution is 2.38. The molecule has 0 aromatic heterocycles. The van der Waals surface area contributed by atoms with Crippen LogP contribution < -0.4 is 0 Å². The van der Waals surface area contributed by atoms with Crippen molar-refractivity contribution >= 4 is 42.4 Å². The number of benzene rings is 4. The molecule has 3 nitrogen and oxygen atoms in total. The SMILES string of the molecule is Cc1c2cccc(S(=O)(=O)O)c2c(C)c2c1ccc1ccccc12. The molecule has 0 atom stereocenters. The van der Waals surface area contributed by atoms with Crippen LogP contribution in [0.4, 0.5) is 0 Å². The van der Waals surface area contributed by atoms with Crippen LogP contribution in [0.1, 0.15) is 11.1 Å². The molecule has 0 bridgehead atoms. The molecule has 0 aliphatic carbocycles. The quantitative estimate of drug-likeness (QED) is 0.302. The standard InChI is InChI=1S/C20H16O3S/c1-12-15-8-5-9-18(24(21,22)23)20(15)13(2)19-16(12)11-10-14-6-3-4-7-17(14)19/h3-11H,1-2H3,(H,21,22,23). The van der Waals surface area contributed by atoms with Crippen LogP contribution >= 0.6 is 0 Å². The van der Waals surface area contributed by atoms with E-state index in [2.05, 4.69) is 12.1 Å². The summed E-state index contributed by atoms with van der Waals surface area (Å²) in [6.45, 7) is 3.91. The Morgan fingerprint density at radius 3 is 2.12 bits per heavy atom. The van der Waals surface area contributed by atoms with E-state index < -0.39 is 10.1 Å². The molecule has 0 aliphatic rings. The molecule has 4 aromatic carbocycles. The fourth-order valence-corrected chi connectivity index (χ4v) is 4.48. The van der Waals surface area contributed by atoms with E-state index in [0.29, 0.717) is 5.39 Å². The van der Waals surface area contributed by atoms with Gasteiger partial charge in [-0.1, -0.05) is 48.5 Å². The molecular weight excluding hydrogens is 320 g/mol. The summed E-state index contributed by atoms with van der Waals surface area (Å²) in [4.78, 5) is -0.0320. The largest absolute Gasteiger partial charge is 0.295 e. The molecule has 0 fully saturated rings. The Kier molecular flexibility index (Phi) is 3.17. The predicted octanol–water partition coefficient (Wildman–Crippen LogP) is 5.01. The molecule has 0 spiro atoms. The van der Waals surface area contributed by atoms with E-state index in [1.165, 1.54) is 6.07 Å². The lowest BCUT2D eigenvalue weighted by Gasteiger charge is -2.16. The van der Waals surface area contributed by atoms with Crippen LogP contribution in [0.5, 0.6) is 0 Å². The number of rotatable bonds is 1. The summed E-state index contributed by atoms with van der Waals surface area (Å²) in [7, 11) is -4.29. The summed E-state index contributed by atoms with van der Waals surface area (Å²) >= 11 is 0. The highest BCUT2D eigenvalue weighted by molar-refractivity contribution is 7.86. The van der Waals surface area contributed by atoms with Gasteiger partial charge in [-0.15, -0.1) is 0 Å². The fourth-order valence-electron chi connectivity index (χ4n) is 3.70. The van der Waals surface area contributed by atoms with Crippen molar-refractivity contribution in [2.45, 2.75) is 18.7 Å². The second kappa shape index (κ2) is 5.03. The maximum Gasteiger partial charge on any atom is 0.295 e. The molecule has 1 N–H and O–H groups in total. The van der Waals surface area contributed by atoms with E-state index in [9.17, 15) is 13.0 Å².